The Kier molecular flexibility index (Phi) is 5.70. The molecule has 2 aromatic carbocycles. The first-order valence-corrected chi connectivity index (χ1v) is 9.01. The molecule has 1 heterocycles. The number of benzene rings is 2. The molecule has 26 heavy (non-hydrogen) atoms. The highest BCUT2D eigenvalue weighted by Crippen LogP contribution is 2.29. The number of nitrogens with one attached hydrogen (secondary N) is 1. The predicted molar refractivity (Wildman–Crippen MR) is 99.9 cm³/mol. The fraction of sp³-hybridized carbons (Fsp3) is 0.211. The van der Waals surface area contributed by atoms with Gasteiger partial charge in [0.25, 0.3) is 0 Å². The van der Waals surface area contributed by atoms with Crippen molar-refractivity contribution >= 4 is 17.2 Å². The molecule has 5 nitrogen and oxygen atoms in total. The van der Waals surface area contributed by atoms with Gasteiger partial charge in [-0.25, -0.2) is 4.39 Å². The highest BCUT2D eigenvalue weighted by Gasteiger charge is 2.19. The maximum Gasteiger partial charge on any atom is 0.217 e. The summed E-state index contributed by atoms with van der Waals surface area (Å²) in [5.74, 6) is -0.464. The van der Waals surface area contributed by atoms with Gasteiger partial charge < -0.3 is 11.1 Å². The largest absolute Gasteiger partial charge is 0.347 e. The van der Waals surface area contributed by atoms with Crippen LogP contribution in [0, 0.1) is 5.82 Å². The van der Waals surface area contributed by atoms with Gasteiger partial charge in [-0.3, -0.25) is 4.79 Å². The van der Waals surface area contributed by atoms with Crippen LogP contribution in [0.1, 0.15) is 29.1 Å². The van der Waals surface area contributed by atoms with Crippen molar-refractivity contribution in [1.82, 2.24) is 15.5 Å². The lowest BCUT2D eigenvalue weighted by molar-refractivity contribution is -0.119. The maximum absolute atomic E-state index is 13.4. The van der Waals surface area contributed by atoms with E-state index in [4.69, 9.17) is 5.73 Å². The summed E-state index contributed by atoms with van der Waals surface area (Å²) in [6.45, 7) is 1.96. The molecule has 0 saturated heterocycles. The summed E-state index contributed by atoms with van der Waals surface area (Å²) >= 11 is 1.35. The minimum absolute atomic E-state index is 0.143. The van der Waals surface area contributed by atoms with Gasteiger partial charge in [0.2, 0.25) is 5.91 Å². The number of aromatic nitrogens is 2. The molecule has 0 spiro atoms. The normalized spacial score (nSPS) is 12.0. The summed E-state index contributed by atoms with van der Waals surface area (Å²) < 4.78 is 13.4. The average Bonchev–Trinajstić information content (AvgIpc) is 3.11. The van der Waals surface area contributed by atoms with Gasteiger partial charge in [-0.2, -0.15) is 0 Å². The lowest BCUT2D eigenvalue weighted by Gasteiger charge is -2.15. The zero-order chi connectivity index (χ0) is 18.5. The van der Waals surface area contributed by atoms with E-state index in [0.717, 1.165) is 11.1 Å². The molecule has 0 aliphatic rings. The molecule has 1 atom stereocenters. The summed E-state index contributed by atoms with van der Waals surface area (Å²) in [5, 5.41) is 12.6. The van der Waals surface area contributed by atoms with E-state index >= 15 is 0 Å². The Morgan fingerprint density at radius 1 is 1.19 bits per heavy atom. The molecule has 3 rings (SSSR count). The van der Waals surface area contributed by atoms with Crippen LogP contribution in [-0.4, -0.2) is 16.1 Å². The monoisotopic (exact) mass is 370 g/mol. The van der Waals surface area contributed by atoms with Crippen LogP contribution in [0.25, 0.3) is 10.6 Å². The van der Waals surface area contributed by atoms with Crippen LogP contribution in [0.15, 0.2) is 48.5 Å². The maximum atomic E-state index is 13.4. The van der Waals surface area contributed by atoms with Crippen LogP contribution in [0.4, 0.5) is 4.39 Å². The number of amides is 1. The summed E-state index contributed by atoms with van der Waals surface area (Å²) in [5.41, 5.74) is 8.40. The number of hydrogen-bond donors (Lipinski definition) is 2. The first-order valence-electron chi connectivity index (χ1n) is 8.19. The van der Waals surface area contributed by atoms with Crippen LogP contribution in [0.3, 0.4) is 0 Å². The first kappa shape index (κ1) is 18.2. The molecule has 0 fully saturated rings. The smallest absolute Gasteiger partial charge is 0.217 e. The molecule has 7 heteroatoms. The fourth-order valence-electron chi connectivity index (χ4n) is 2.61. The minimum Gasteiger partial charge on any atom is -0.347 e. The molecule has 0 radical (unpaired) electrons. The average molecular weight is 370 g/mol. The van der Waals surface area contributed by atoms with Gasteiger partial charge in [0, 0.05) is 19.0 Å². The number of halogens is 1. The molecule has 0 bridgehead atoms. The van der Waals surface area contributed by atoms with E-state index in [-0.39, 0.29) is 17.8 Å². The van der Waals surface area contributed by atoms with E-state index in [1.54, 1.807) is 12.1 Å². The number of rotatable bonds is 6. The Hall–Kier alpha value is -2.64. The number of carbonyl (C=O) groups is 1. The second-order valence-corrected chi connectivity index (χ2v) is 6.94. The van der Waals surface area contributed by atoms with Crippen molar-refractivity contribution < 1.29 is 9.18 Å². The van der Waals surface area contributed by atoms with Crippen molar-refractivity contribution in [2.75, 3.05) is 0 Å². The Balaban J connectivity index is 1.84. The van der Waals surface area contributed by atoms with E-state index in [1.807, 2.05) is 24.3 Å². The topological polar surface area (TPSA) is 80.9 Å². The third-order valence-electron chi connectivity index (χ3n) is 3.89. The number of hydrogen-bond acceptors (Lipinski definition) is 5. The third kappa shape index (κ3) is 4.50. The van der Waals surface area contributed by atoms with E-state index in [0.29, 0.717) is 28.5 Å². The molecule has 1 unspecified atom stereocenters. The van der Waals surface area contributed by atoms with E-state index in [2.05, 4.69) is 15.5 Å². The molecule has 0 aliphatic heterocycles. The Labute approximate surface area is 155 Å². The van der Waals surface area contributed by atoms with Gasteiger partial charge >= 0.3 is 0 Å². The SMILES string of the molecule is CC(=O)NC(Cc1ccc(CN)cc1)c1nnc(-c2cccc(F)c2)s1. The Bertz CT molecular complexity index is 895. The first-order chi connectivity index (χ1) is 12.5. The Morgan fingerprint density at radius 2 is 1.92 bits per heavy atom. The lowest BCUT2D eigenvalue weighted by Crippen LogP contribution is -2.27. The van der Waals surface area contributed by atoms with E-state index < -0.39 is 0 Å². The summed E-state index contributed by atoms with van der Waals surface area (Å²) in [6, 6.07) is 13.9. The van der Waals surface area contributed by atoms with Gasteiger partial charge in [0.15, 0.2) is 0 Å². The van der Waals surface area contributed by atoms with Crippen molar-refractivity contribution in [2.24, 2.45) is 5.73 Å². The second kappa shape index (κ2) is 8.16. The van der Waals surface area contributed by atoms with Crippen molar-refractivity contribution in [2.45, 2.75) is 25.9 Å². The van der Waals surface area contributed by atoms with Crippen LogP contribution < -0.4 is 11.1 Å². The molecular formula is C19H19FN4OS. The second-order valence-electron chi connectivity index (χ2n) is 5.93. The third-order valence-corrected chi connectivity index (χ3v) is 4.97. The zero-order valence-corrected chi connectivity index (χ0v) is 15.1. The summed E-state index contributed by atoms with van der Waals surface area (Å²) in [7, 11) is 0. The van der Waals surface area contributed by atoms with Crippen molar-refractivity contribution in [1.29, 1.82) is 0 Å². The van der Waals surface area contributed by atoms with Crippen molar-refractivity contribution in [3.05, 3.63) is 70.5 Å². The van der Waals surface area contributed by atoms with Crippen LogP contribution >= 0.6 is 11.3 Å². The lowest BCUT2D eigenvalue weighted by atomic mass is 10.0. The number of nitrogens with zero attached hydrogens (tertiary/aromatic N) is 2. The van der Waals surface area contributed by atoms with Gasteiger partial charge in [0.1, 0.15) is 15.8 Å². The van der Waals surface area contributed by atoms with Crippen molar-refractivity contribution in [3.63, 3.8) is 0 Å². The minimum atomic E-state index is -0.322. The van der Waals surface area contributed by atoms with Gasteiger partial charge in [-0.05, 0) is 29.7 Å². The summed E-state index contributed by atoms with van der Waals surface area (Å²) in [6.07, 6.45) is 0.586. The fourth-order valence-corrected chi connectivity index (χ4v) is 3.50. The molecule has 0 aliphatic carbocycles. The van der Waals surface area contributed by atoms with Crippen LogP contribution in [-0.2, 0) is 17.8 Å². The highest BCUT2D eigenvalue weighted by molar-refractivity contribution is 7.14. The quantitative estimate of drug-likeness (QED) is 0.698. The molecule has 134 valence electrons. The molecule has 3 aromatic rings. The van der Waals surface area contributed by atoms with Crippen molar-refractivity contribution in [3.8, 4) is 10.6 Å². The molecule has 1 aromatic heterocycles. The molecular weight excluding hydrogens is 351 g/mol. The van der Waals surface area contributed by atoms with E-state index in [1.165, 1.54) is 30.4 Å². The van der Waals surface area contributed by atoms with E-state index in [9.17, 15) is 9.18 Å². The number of carbonyl (C=O) groups excluding carboxylic acids is 1. The molecule has 3 N–H and O–H groups in total. The summed E-state index contributed by atoms with van der Waals surface area (Å²) in [4.78, 5) is 11.6. The molecule has 1 amide bonds. The standard InChI is InChI=1S/C19H19FN4OS/c1-12(25)22-17(9-13-5-7-14(11-21)8-6-13)19-24-23-18(26-19)15-3-2-4-16(20)10-15/h2-8,10,17H,9,11,21H2,1H3,(H,22,25). The van der Waals surface area contributed by atoms with Crippen LogP contribution in [0.5, 0.6) is 0 Å². The van der Waals surface area contributed by atoms with Gasteiger partial charge in [-0.1, -0.05) is 47.7 Å². The van der Waals surface area contributed by atoms with Crippen LogP contribution in [0.2, 0.25) is 0 Å². The Morgan fingerprint density at radius 3 is 2.58 bits per heavy atom. The zero-order valence-electron chi connectivity index (χ0n) is 14.3. The number of nitrogens with two attached hydrogens (primary N) is 1. The highest BCUT2D eigenvalue weighted by atomic mass is 32.1. The van der Waals surface area contributed by atoms with Gasteiger partial charge in [-0.15, -0.1) is 10.2 Å². The van der Waals surface area contributed by atoms with Gasteiger partial charge in [0.05, 0.1) is 6.04 Å². The molecule has 0 saturated carbocycles. The predicted octanol–water partition coefficient (Wildman–Crippen LogP) is 3.22.